The van der Waals surface area contributed by atoms with E-state index in [1.54, 1.807) is 7.11 Å². The number of nitrogens with one attached hydrogen (secondary N) is 2. The van der Waals surface area contributed by atoms with Crippen molar-refractivity contribution in [2.24, 2.45) is 7.05 Å². The van der Waals surface area contributed by atoms with Gasteiger partial charge in [0.15, 0.2) is 5.82 Å². The topological polar surface area (TPSA) is 133 Å². The van der Waals surface area contributed by atoms with Crippen molar-refractivity contribution in [3.05, 3.63) is 77.5 Å². The number of amides is 3. The maximum Gasteiger partial charge on any atom is 0.407 e. The Morgan fingerprint density at radius 3 is 2.66 bits per heavy atom. The fourth-order valence-corrected chi connectivity index (χ4v) is 8.60. The predicted octanol–water partition coefficient (Wildman–Crippen LogP) is 6.45. The molecule has 3 aromatic heterocycles. The zero-order chi connectivity index (χ0) is 36.6. The molecule has 53 heavy (non-hydrogen) atoms. The molecule has 4 atom stereocenters. The van der Waals surface area contributed by atoms with Crippen LogP contribution in [-0.4, -0.2) is 73.7 Å². The van der Waals surface area contributed by atoms with Crippen LogP contribution in [0.2, 0.25) is 0 Å². The number of methoxy groups -OCH3 is 1. The first kappa shape index (κ1) is 34.7. The number of pyridine rings is 1. The zero-order valence-corrected chi connectivity index (χ0v) is 30.6. The lowest BCUT2D eigenvalue weighted by atomic mass is 9.96. The summed E-state index contributed by atoms with van der Waals surface area (Å²) in [5, 5.41) is 7.11. The van der Waals surface area contributed by atoms with Crippen molar-refractivity contribution < 1.29 is 23.9 Å². The Morgan fingerprint density at radius 1 is 1.00 bits per heavy atom. The van der Waals surface area contributed by atoms with Crippen LogP contribution < -0.4 is 15.4 Å². The Bertz CT molecular complexity index is 2180. The van der Waals surface area contributed by atoms with Gasteiger partial charge in [0.1, 0.15) is 23.5 Å². The van der Waals surface area contributed by atoms with Gasteiger partial charge in [0.2, 0.25) is 5.91 Å². The van der Waals surface area contributed by atoms with E-state index in [0.29, 0.717) is 36.2 Å². The highest BCUT2D eigenvalue weighted by Gasteiger charge is 2.49. The maximum absolute atomic E-state index is 14.3. The van der Waals surface area contributed by atoms with Crippen LogP contribution in [0.3, 0.4) is 0 Å². The smallest absolute Gasteiger partial charge is 0.407 e. The number of ether oxygens (including phenoxy) is 2. The van der Waals surface area contributed by atoms with Gasteiger partial charge in [-0.1, -0.05) is 50.1 Å². The molecule has 12 nitrogen and oxygen atoms in total. The van der Waals surface area contributed by atoms with Gasteiger partial charge < -0.3 is 34.1 Å². The van der Waals surface area contributed by atoms with Crippen molar-refractivity contribution in [1.82, 2.24) is 34.6 Å². The lowest BCUT2D eigenvalue weighted by Gasteiger charge is -2.25. The molecule has 1 unspecified atom stereocenters. The number of rotatable bonds is 6. The van der Waals surface area contributed by atoms with E-state index in [1.807, 2.05) is 65.0 Å². The van der Waals surface area contributed by atoms with Crippen LogP contribution in [0.5, 0.6) is 5.75 Å². The number of carbonyl (C=O) groups excluding carboxylic acids is 3. The van der Waals surface area contributed by atoms with E-state index in [2.05, 4.69) is 34.3 Å². The van der Waals surface area contributed by atoms with Crippen molar-refractivity contribution in [3.63, 3.8) is 0 Å². The lowest BCUT2D eigenvalue weighted by Crippen LogP contribution is -2.45. The summed E-state index contributed by atoms with van der Waals surface area (Å²) in [4.78, 5) is 51.8. The third-order valence-electron chi connectivity index (χ3n) is 11.3. The Hall–Kier alpha value is -5.39. The fourth-order valence-electron chi connectivity index (χ4n) is 8.60. The van der Waals surface area contributed by atoms with E-state index >= 15 is 0 Å². The van der Waals surface area contributed by atoms with Crippen LogP contribution in [-0.2, 0) is 29.7 Å². The first-order valence-electron chi connectivity index (χ1n) is 18.9. The molecule has 2 saturated heterocycles. The predicted molar refractivity (Wildman–Crippen MR) is 202 cm³/mol. The van der Waals surface area contributed by atoms with Crippen LogP contribution in [0.25, 0.3) is 33.6 Å². The summed E-state index contributed by atoms with van der Waals surface area (Å²) < 4.78 is 15.7. The molecular formula is C41H47N7O5. The molecule has 3 aliphatic rings. The van der Waals surface area contributed by atoms with E-state index in [9.17, 15) is 14.4 Å². The molecule has 2 aromatic carbocycles. The van der Waals surface area contributed by atoms with Crippen molar-refractivity contribution in [1.29, 1.82) is 0 Å². The molecule has 0 aliphatic carbocycles. The molecule has 4 bridgehead atoms. The number of aryl methyl sites for hydroxylation is 2. The number of aromatic nitrogens is 4. The number of benzene rings is 2. The Kier molecular flexibility index (Phi) is 9.53. The minimum absolute atomic E-state index is 0.0181. The highest BCUT2D eigenvalue weighted by Crippen LogP contribution is 2.40. The van der Waals surface area contributed by atoms with Crippen molar-refractivity contribution in [2.45, 2.75) is 95.5 Å². The molecule has 276 valence electrons. The minimum atomic E-state index is -0.470. The lowest BCUT2D eigenvalue weighted by molar-refractivity contribution is -0.121. The number of hydrogen-bond donors (Lipinski definition) is 2. The van der Waals surface area contributed by atoms with Crippen LogP contribution in [0.1, 0.15) is 85.8 Å². The summed E-state index contributed by atoms with van der Waals surface area (Å²) in [5.74, 6) is 1.29. The van der Waals surface area contributed by atoms with Gasteiger partial charge in [-0.25, -0.2) is 14.8 Å². The highest BCUT2D eigenvalue weighted by atomic mass is 16.5. The van der Waals surface area contributed by atoms with Gasteiger partial charge in [-0.15, -0.1) is 0 Å². The third kappa shape index (κ3) is 6.71. The van der Waals surface area contributed by atoms with Gasteiger partial charge in [-0.2, -0.15) is 0 Å². The van der Waals surface area contributed by atoms with Gasteiger partial charge in [-0.3, -0.25) is 9.59 Å². The molecule has 0 radical (unpaired) electrons. The van der Waals surface area contributed by atoms with E-state index in [4.69, 9.17) is 19.4 Å². The highest BCUT2D eigenvalue weighted by molar-refractivity contribution is 6.01. The molecule has 2 fully saturated rings. The Morgan fingerprint density at radius 2 is 1.83 bits per heavy atom. The minimum Gasteiger partial charge on any atom is -0.494 e. The summed E-state index contributed by atoms with van der Waals surface area (Å²) in [5.41, 5.74) is 5.62. The number of alkyl carbamates (subject to hydrolysis) is 1. The number of carbonyl (C=O) groups is 3. The molecule has 0 spiro atoms. The Labute approximate surface area is 308 Å². The Balaban J connectivity index is 1.08. The van der Waals surface area contributed by atoms with Gasteiger partial charge in [0.25, 0.3) is 5.91 Å². The maximum atomic E-state index is 14.3. The summed E-state index contributed by atoms with van der Waals surface area (Å²) in [6, 6.07) is 19.3. The van der Waals surface area contributed by atoms with Crippen molar-refractivity contribution >= 4 is 40.0 Å². The van der Waals surface area contributed by atoms with Gasteiger partial charge in [0.05, 0.1) is 30.4 Å². The first-order chi connectivity index (χ1) is 25.8. The molecule has 6 heterocycles. The van der Waals surface area contributed by atoms with Crippen molar-refractivity contribution in [2.75, 3.05) is 13.7 Å². The average molecular weight is 718 g/mol. The largest absolute Gasteiger partial charge is 0.494 e. The van der Waals surface area contributed by atoms with E-state index in [0.717, 1.165) is 84.4 Å². The van der Waals surface area contributed by atoms with Crippen LogP contribution in [0.4, 0.5) is 4.79 Å². The monoisotopic (exact) mass is 717 g/mol. The van der Waals surface area contributed by atoms with E-state index in [-0.39, 0.29) is 42.5 Å². The molecule has 3 aliphatic heterocycles. The quantitative estimate of drug-likeness (QED) is 0.206. The zero-order valence-electron chi connectivity index (χ0n) is 30.6. The molecule has 2 N–H and O–H groups in total. The molecular weight excluding hydrogens is 670 g/mol. The molecule has 0 saturated carbocycles. The van der Waals surface area contributed by atoms with Crippen LogP contribution in [0, 0.1) is 0 Å². The number of fused-ring (bicyclic) bond motifs is 4. The van der Waals surface area contributed by atoms with Crippen molar-refractivity contribution in [3.8, 4) is 17.3 Å². The second-order valence-corrected chi connectivity index (χ2v) is 14.8. The average Bonchev–Trinajstić information content (AvgIpc) is 3.92. The standard InChI is InChI=1S/C41H47N7O5/c1-25-19-36(49)42-17-9-4-5-10-18-47-34(21-27-13-15-30(25)43-38(27)47)39-44-32-20-28(22-35(52-3)37(32)46(39)2)40(50)48-29-14-16-33(48)31(23-29)45-41(51)53-24-26-11-7-6-8-12-26/h6-8,11-13,15,20-22,25,29,31,33H,4-5,9-10,14,16-19,23-24H2,1-3H3,(H,42,49)(H,45,51)/t25?,29-,31+,33+/m0/s1. The van der Waals surface area contributed by atoms with E-state index in [1.165, 1.54) is 0 Å². The van der Waals surface area contributed by atoms with E-state index < -0.39 is 6.09 Å². The molecule has 12 heteroatoms. The summed E-state index contributed by atoms with van der Waals surface area (Å²) in [6.07, 6.45) is 6.34. The molecule has 8 rings (SSSR count). The number of hydrogen-bond acceptors (Lipinski definition) is 7. The third-order valence-corrected chi connectivity index (χ3v) is 11.3. The number of imidazole rings is 1. The SMILES string of the molecule is COc1cc(C(=O)N2[C@H]3CC[C@@H]2[C@H](NC(=O)OCc2ccccc2)C3)cc2nc(-c3cc4ccc5nc4n3CCCCCCNC(=O)CC5C)n(C)c12. The van der Waals surface area contributed by atoms with Gasteiger partial charge >= 0.3 is 6.09 Å². The summed E-state index contributed by atoms with van der Waals surface area (Å²) >= 11 is 0. The van der Waals surface area contributed by atoms with Gasteiger partial charge in [0, 0.05) is 55.2 Å². The van der Waals surface area contributed by atoms with Gasteiger partial charge in [-0.05, 0) is 68.0 Å². The fraction of sp³-hybridized carbons (Fsp3) is 0.439. The number of nitrogens with zero attached hydrogens (tertiary/aromatic N) is 5. The first-order valence-corrected chi connectivity index (χ1v) is 18.9. The summed E-state index contributed by atoms with van der Waals surface area (Å²) in [6.45, 7) is 3.73. The van der Waals surface area contributed by atoms with Crippen LogP contribution >= 0.6 is 0 Å². The molecule has 3 amide bonds. The molecule has 5 aromatic rings. The van der Waals surface area contributed by atoms with Crippen LogP contribution in [0.15, 0.2) is 60.7 Å². The normalized spacial score (nSPS) is 21.9. The second kappa shape index (κ2) is 14.6. The summed E-state index contributed by atoms with van der Waals surface area (Å²) in [7, 11) is 3.60. The second-order valence-electron chi connectivity index (χ2n) is 14.8.